The average molecular weight is 416 g/mol. The van der Waals surface area contributed by atoms with E-state index in [1.165, 1.54) is 13.0 Å². The Morgan fingerprint density at radius 3 is 2.31 bits per heavy atom. The normalized spacial score (nSPS) is 12.4. The number of benzene rings is 2. The van der Waals surface area contributed by atoms with Crippen molar-refractivity contribution in [3.8, 4) is 0 Å². The molecule has 2 aromatic rings. The van der Waals surface area contributed by atoms with Gasteiger partial charge in [-0.3, -0.25) is 9.59 Å². The lowest BCUT2D eigenvalue weighted by Gasteiger charge is -2.13. The molecule has 0 heterocycles. The summed E-state index contributed by atoms with van der Waals surface area (Å²) in [6.45, 7) is 1.27. The fourth-order valence-corrected chi connectivity index (χ4v) is 3.10. The molecule has 0 bridgehead atoms. The molecule has 1 amide bonds. The van der Waals surface area contributed by atoms with E-state index < -0.39 is 34.5 Å². The molecule has 0 saturated heterocycles. The van der Waals surface area contributed by atoms with Crippen LogP contribution in [0.1, 0.15) is 18.1 Å². The maximum Gasteiger partial charge on any atom is 0.321 e. The van der Waals surface area contributed by atoms with Gasteiger partial charge in [0.15, 0.2) is 6.10 Å². The van der Waals surface area contributed by atoms with Gasteiger partial charge in [0, 0.05) is 12.0 Å². The summed E-state index contributed by atoms with van der Waals surface area (Å²) < 4.78 is 30.9. The Bertz CT molecular complexity index is 928. The average Bonchev–Trinajstić information content (AvgIpc) is 2.72. The quantitative estimate of drug-likeness (QED) is 0.576. The highest BCUT2D eigenvalue weighted by Gasteiger charge is 2.18. The van der Waals surface area contributed by atoms with E-state index in [0.717, 1.165) is 11.0 Å². The van der Waals surface area contributed by atoms with Gasteiger partial charge in [-0.15, -0.1) is 0 Å². The first-order chi connectivity index (χ1) is 13.9. The largest absolute Gasteiger partial charge is 0.452 e. The first-order valence-corrected chi connectivity index (χ1v) is 10.6. The predicted molar refractivity (Wildman–Crippen MR) is 111 cm³/mol. The molecule has 1 atom stereocenters. The van der Waals surface area contributed by atoms with Crippen LogP contribution in [0.15, 0.2) is 66.1 Å². The van der Waals surface area contributed by atoms with Crippen LogP contribution in [0, 0.1) is 0 Å². The zero-order valence-corrected chi connectivity index (χ0v) is 16.9. The van der Waals surface area contributed by atoms with Crippen molar-refractivity contribution < 1.29 is 22.7 Å². The van der Waals surface area contributed by atoms with Crippen LogP contribution in [0.3, 0.4) is 0 Å². The fourth-order valence-electron chi connectivity index (χ4n) is 2.35. The van der Waals surface area contributed by atoms with E-state index in [-0.39, 0.29) is 0 Å². The third-order valence-electron chi connectivity index (χ3n) is 3.89. The zero-order chi connectivity index (χ0) is 21.1. The van der Waals surface area contributed by atoms with Crippen LogP contribution in [0.25, 0.3) is 6.08 Å². The molecule has 8 heteroatoms. The number of hydrogen-bond donors (Lipinski definition) is 2. The van der Waals surface area contributed by atoms with Gasteiger partial charge in [0.2, 0.25) is 10.0 Å². The van der Waals surface area contributed by atoms with Crippen LogP contribution in [0.5, 0.6) is 0 Å². The van der Waals surface area contributed by atoms with Crippen LogP contribution in [0.4, 0.5) is 0 Å². The van der Waals surface area contributed by atoms with Crippen molar-refractivity contribution in [2.45, 2.75) is 19.4 Å². The van der Waals surface area contributed by atoms with E-state index in [2.05, 4.69) is 10.0 Å². The molecule has 154 valence electrons. The summed E-state index contributed by atoms with van der Waals surface area (Å²) in [5.41, 5.74) is 1.79. The van der Waals surface area contributed by atoms with Crippen molar-refractivity contribution in [1.29, 1.82) is 0 Å². The lowest BCUT2D eigenvalue weighted by molar-refractivity contribution is -0.153. The van der Waals surface area contributed by atoms with Crippen molar-refractivity contribution in [3.05, 3.63) is 77.2 Å². The molecule has 1 unspecified atom stereocenters. The minimum Gasteiger partial charge on any atom is -0.452 e. The number of hydrogen-bond acceptors (Lipinski definition) is 5. The van der Waals surface area contributed by atoms with Gasteiger partial charge in [-0.2, -0.15) is 0 Å². The molecular formula is C21H24N2O5S. The van der Waals surface area contributed by atoms with Crippen molar-refractivity contribution in [1.82, 2.24) is 10.0 Å². The molecule has 0 saturated carbocycles. The SMILES string of the molecule is CC(OC(=O)CNS(=O)(=O)/C=C/c1ccccc1)C(=O)NCCc1ccccc1. The van der Waals surface area contributed by atoms with Gasteiger partial charge in [-0.05, 0) is 30.5 Å². The van der Waals surface area contributed by atoms with Crippen molar-refractivity contribution >= 4 is 28.0 Å². The van der Waals surface area contributed by atoms with E-state index in [1.807, 2.05) is 36.4 Å². The second-order valence-electron chi connectivity index (χ2n) is 6.24. The highest BCUT2D eigenvalue weighted by molar-refractivity contribution is 7.92. The number of nitrogens with one attached hydrogen (secondary N) is 2. The maximum atomic E-state index is 12.0. The van der Waals surface area contributed by atoms with Crippen LogP contribution >= 0.6 is 0 Å². The van der Waals surface area contributed by atoms with Crippen molar-refractivity contribution in [2.24, 2.45) is 0 Å². The number of sulfonamides is 1. The first kappa shape index (κ1) is 22.3. The topological polar surface area (TPSA) is 102 Å². The van der Waals surface area contributed by atoms with Crippen LogP contribution in [0.2, 0.25) is 0 Å². The van der Waals surface area contributed by atoms with E-state index in [4.69, 9.17) is 4.74 Å². The Hall–Kier alpha value is -2.97. The number of rotatable bonds is 10. The number of amides is 1. The summed E-state index contributed by atoms with van der Waals surface area (Å²) in [5, 5.41) is 3.65. The molecule has 2 rings (SSSR count). The monoisotopic (exact) mass is 416 g/mol. The molecule has 2 aromatic carbocycles. The van der Waals surface area contributed by atoms with Gasteiger partial charge in [-0.1, -0.05) is 60.7 Å². The molecule has 0 fully saturated rings. The molecule has 7 nitrogen and oxygen atoms in total. The van der Waals surface area contributed by atoms with E-state index in [9.17, 15) is 18.0 Å². The first-order valence-electron chi connectivity index (χ1n) is 9.09. The number of esters is 1. The summed E-state index contributed by atoms with van der Waals surface area (Å²) in [4.78, 5) is 23.8. The molecule has 0 aliphatic heterocycles. The Balaban J connectivity index is 1.71. The van der Waals surface area contributed by atoms with E-state index in [1.54, 1.807) is 24.3 Å². The lowest BCUT2D eigenvalue weighted by atomic mass is 10.1. The minimum atomic E-state index is -3.81. The van der Waals surface area contributed by atoms with E-state index in [0.29, 0.717) is 18.5 Å². The molecule has 2 N–H and O–H groups in total. The highest BCUT2D eigenvalue weighted by Crippen LogP contribution is 2.03. The Labute approximate surface area is 170 Å². The van der Waals surface area contributed by atoms with Crippen molar-refractivity contribution in [2.75, 3.05) is 13.1 Å². The zero-order valence-electron chi connectivity index (χ0n) is 16.1. The molecule has 0 radical (unpaired) electrons. The minimum absolute atomic E-state index is 0.404. The third kappa shape index (κ3) is 8.71. The molecular weight excluding hydrogens is 392 g/mol. The summed E-state index contributed by atoms with van der Waals surface area (Å²) in [6.07, 6.45) is 1.04. The molecule has 0 spiro atoms. The smallest absolute Gasteiger partial charge is 0.321 e. The number of carbonyl (C=O) groups excluding carboxylic acids is 2. The predicted octanol–water partition coefficient (Wildman–Crippen LogP) is 1.87. The maximum absolute atomic E-state index is 12.0. The van der Waals surface area contributed by atoms with Gasteiger partial charge in [-0.25, -0.2) is 13.1 Å². The summed E-state index contributed by atoms with van der Waals surface area (Å²) in [5.74, 6) is -1.28. The fraction of sp³-hybridized carbons (Fsp3) is 0.238. The number of ether oxygens (including phenoxy) is 1. The van der Waals surface area contributed by atoms with Gasteiger partial charge in [0.25, 0.3) is 5.91 Å². The van der Waals surface area contributed by atoms with Gasteiger partial charge >= 0.3 is 5.97 Å². The summed E-state index contributed by atoms with van der Waals surface area (Å²) >= 11 is 0. The van der Waals surface area contributed by atoms with Gasteiger partial charge in [0.05, 0.1) is 0 Å². The highest BCUT2D eigenvalue weighted by atomic mass is 32.2. The van der Waals surface area contributed by atoms with Crippen molar-refractivity contribution in [3.63, 3.8) is 0 Å². The Kier molecular flexibility index (Phi) is 8.57. The third-order valence-corrected chi connectivity index (χ3v) is 4.93. The van der Waals surface area contributed by atoms with E-state index >= 15 is 0 Å². The summed E-state index contributed by atoms with van der Waals surface area (Å²) in [6, 6.07) is 18.5. The summed E-state index contributed by atoms with van der Waals surface area (Å²) in [7, 11) is -3.81. The molecule has 0 aromatic heterocycles. The Morgan fingerprint density at radius 2 is 1.66 bits per heavy atom. The lowest BCUT2D eigenvalue weighted by Crippen LogP contribution is -2.39. The Morgan fingerprint density at radius 1 is 1.03 bits per heavy atom. The second-order valence-corrected chi connectivity index (χ2v) is 7.89. The standard InChI is InChI=1S/C21H24N2O5S/c1-17(21(25)22-14-12-18-8-4-2-5-9-18)28-20(24)16-23-29(26,27)15-13-19-10-6-3-7-11-19/h2-11,13,15,17,23H,12,14,16H2,1H3,(H,22,25)/b15-13+. The molecule has 0 aliphatic carbocycles. The van der Waals surface area contributed by atoms with Crippen LogP contribution in [-0.2, 0) is 30.8 Å². The molecule has 0 aliphatic rings. The van der Waals surface area contributed by atoms with Gasteiger partial charge < -0.3 is 10.1 Å². The van der Waals surface area contributed by atoms with Crippen LogP contribution < -0.4 is 10.0 Å². The number of carbonyl (C=O) groups is 2. The van der Waals surface area contributed by atoms with Gasteiger partial charge in [0.1, 0.15) is 6.54 Å². The molecule has 29 heavy (non-hydrogen) atoms. The van der Waals surface area contributed by atoms with Crippen LogP contribution in [-0.4, -0.2) is 39.5 Å². The second kappa shape index (κ2) is 11.1.